The van der Waals surface area contributed by atoms with Crippen LogP contribution in [0.2, 0.25) is 0 Å². The number of benzene rings is 2. The van der Waals surface area contributed by atoms with Gasteiger partial charge >= 0.3 is 0 Å². The molecule has 6 heteroatoms. The zero-order chi connectivity index (χ0) is 22.2. The molecule has 0 bridgehead atoms. The number of methoxy groups -OCH3 is 1. The van der Waals surface area contributed by atoms with Gasteiger partial charge in [0.2, 0.25) is 11.8 Å². The molecule has 0 saturated heterocycles. The fraction of sp³-hybridized carbons (Fsp3) is 0.440. The Balaban J connectivity index is 1.95. The molecular formula is C25H31ClN2O3. The van der Waals surface area contributed by atoms with Crippen LogP contribution >= 0.6 is 11.6 Å². The van der Waals surface area contributed by atoms with Crippen LogP contribution in [0.3, 0.4) is 0 Å². The number of carbonyl (C=O) groups excluding carboxylic acids is 2. The maximum Gasteiger partial charge on any atom is 0.247 e. The Morgan fingerprint density at radius 1 is 1.13 bits per heavy atom. The van der Waals surface area contributed by atoms with Crippen molar-refractivity contribution in [3.05, 3.63) is 65.2 Å². The zero-order valence-corrected chi connectivity index (χ0v) is 19.0. The summed E-state index contributed by atoms with van der Waals surface area (Å²) in [6, 6.07) is 14.6. The fourth-order valence-corrected chi connectivity index (χ4v) is 4.26. The van der Waals surface area contributed by atoms with Crippen molar-refractivity contribution in [1.29, 1.82) is 0 Å². The van der Waals surface area contributed by atoms with E-state index in [4.69, 9.17) is 16.3 Å². The Morgan fingerprint density at radius 3 is 2.48 bits per heavy atom. The first kappa shape index (κ1) is 23.1. The molecule has 3 rings (SSSR count). The quantitative estimate of drug-likeness (QED) is 0.599. The number of hydrogen-bond donors (Lipinski definition) is 1. The Bertz CT molecular complexity index is 879. The van der Waals surface area contributed by atoms with Crippen LogP contribution in [0, 0.1) is 6.92 Å². The third-order valence-corrected chi connectivity index (χ3v) is 6.06. The topological polar surface area (TPSA) is 58.6 Å². The highest BCUT2D eigenvalue weighted by atomic mass is 35.5. The minimum atomic E-state index is -0.787. The Labute approximate surface area is 189 Å². The number of aryl methyl sites for hydroxylation is 1. The number of alkyl halides is 1. The van der Waals surface area contributed by atoms with Gasteiger partial charge in [0.05, 0.1) is 7.11 Å². The lowest BCUT2D eigenvalue weighted by molar-refractivity contribution is -0.140. The first-order valence-corrected chi connectivity index (χ1v) is 11.4. The van der Waals surface area contributed by atoms with Gasteiger partial charge in [-0.2, -0.15) is 0 Å². The van der Waals surface area contributed by atoms with Crippen LogP contribution in [0.1, 0.15) is 54.8 Å². The van der Waals surface area contributed by atoms with E-state index in [0.717, 1.165) is 36.8 Å². The second-order valence-corrected chi connectivity index (χ2v) is 8.43. The molecule has 5 nitrogen and oxygen atoms in total. The summed E-state index contributed by atoms with van der Waals surface area (Å²) < 4.78 is 5.37. The molecule has 0 aromatic heterocycles. The summed E-state index contributed by atoms with van der Waals surface area (Å²) in [7, 11) is 1.59. The van der Waals surface area contributed by atoms with Crippen LogP contribution in [0.4, 0.5) is 0 Å². The number of rotatable bonds is 8. The van der Waals surface area contributed by atoms with Crippen molar-refractivity contribution < 1.29 is 14.3 Å². The van der Waals surface area contributed by atoms with Crippen LogP contribution in [-0.2, 0) is 16.1 Å². The Morgan fingerprint density at radius 2 is 1.84 bits per heavy atom. The van der Waals surface area contributed by atoms with Crippen molar-refractivity contribution in [3.8, 4) is 5.75 Å². The second-order valence-electron chi connectivity index (χ2n) is 8.16. The highest BCUT2D eigenvalue weighted by Gasteiger charge is 2.33. The Hall–Kier alpha value is -2.53. The minimum absolute atomic E-state index is 0.140. The van der Waals surface area contributed by atoms with E-state index in [1.807, 2.05) is 55.5 Å². The van der Waals surface area contributed by atoms with Crippen molar-refractivity contribution in [3.63, 3.8) is 0 Å². The van der Waals surface area contributed by atoms with Crippen LogP contribution < -0.4 is 10.1 Å². The van der Waals surface area contributed by atoms with Crippen LogP contribution in [0.15, 0.2) is 48.5 Å². The predicted octanol–water partition coefficient (Wildman–Crippen LogP) is 4.76. The standard InChI is InChI=1S/C25H31ClN2O3/c1-18-11-13-19(14-12-18)17-28(23(29)16-26)24(20-7-6-10-22(15-20)31-2)25(30)27-21-8-4-3-5-9-21/h6-7,10-15,21,24H,3-5,8-9,16-17H2,1-2H3,(H,27,30). The van der Waals surface area contributed by atoms with E-state index in [-0.39, 0.29) is 23.7 Å². The predicted molar refractivity (Wildman–Crippen MR) is 123 cm³/mol. The van der Waals surface area contributed by atoms with Gasteiger partial charge in [-0.3, -0.25) is 9.59 Å². The average molecular weight is 443 g/mol. The summed E-state index contributed by atoms with van der Waals surface area (Å²) in [5.74, 6) is -0.00980. The molecule has 1 N–H and O–H groups in total. The van der Waals surface area contributed by atoms with E-state index < -0.39 is 6.04 Å². The summed E-state index contributed by atoms with van der Waals surface area (Å²) in [5, 5.41) is 3.19. The smallest absolute Gasteiger partial charge is 0.247 e. The second kappa shape index (κ2) is 11.2. The molecular weight excluding hydrogens is 412 g/mol. The normalized spacial score (nSPS) is 15.2. The summed E-state index contributed by atoms with van der Waals surface area (Å²) in [5.41, 5.74) is 2.79. The third-order valence-electron chi connectivity index (χ3n) is 5.83. The first-order chi connectivity index (χ1) is 15.0. The van der Waals surface area contributed by atoms with Crippen molar-refractivity contribution in [2.75, 3.05) is 13.0 Å². The molecule has 2 aromatic carbocycles. The highest BCUT2D eigenvalue weighted by molar-refractivity contribution is 6.27. The molecule has 1 saturated carbocycles. The van der Waals surface area contributed by atoms with Gasteiger partial charge in [0.15, 0.2) is 0 Å². The van der Waals surface area contributed by atoms with Crippen LogP contribution in [0.5, 0.6) is 5.75 Å². The molecule has 31 heavy (non-hydrogen) atoms. The lowest BCUT2D eigenvalue weighted by Gasteiger charge is -2.33. The van der Waals surface area contributed by atoms with E-state index >= 15 is 0 Å². The molecule has 2 aromatic rings. The third kappa shape index (κ3) is 6.23. The van der Waals surface area contributed by atoms with Crippen molar-refractivity contribution in [2.45, 2.75) is 57.7 Å². The first-order valence-electron chi connectivity index (χ1n) is 10.9. The molecule has 1 atom stereocenters. The van der Waals surface area contributed by atoms with Crippen molar-refractivity contribution in [2.24, 2.45) is 0 Å². The molecule has 1 aliphatic carbocycles. The van der Waals surface area contributed by atoms with Gasteiger partial charge in [-0.15, -0.1) is 11.6 Å². The summed E-state index contributed by atoms with van der Waals surface area (Å²) in [4.78, 5) is 28.0. The van der Waals surface area contributed by atoms with Gasteiger partial charge in [0.25, 0.3) is 0 Å². The molecule has 2 amide bonds. The maximum absolute atomic E-state index is 13.5. The maximum atomic E-state index is 13.5. The summed E-state index contributed by atoms with van der Waals surface area (Å²) >= 11 is 5.98. The van der Waals surface area contributed by atoms with Crippen LogP contribution in [-0.4, -0.2) is 35.7 Å². The largest absolute Gasteiger partial charge is 0.497 e. The number of carbonyl (C=O) groups is 2. The van der Waals surface area contributed by atoms with E-state index in [9.17, 15) is 9.59 Å². The minimum Gasteiger partial charge on any atom is -0.497 e. The fourth-order valence-electron chi connectivity index (χ4n) is 4.10. The molecule has 0 heterocycles. The number of halogens is 1. The van der Waals surface area contributed by atoms with E-state index in [1.165, 1.54) is 6.42 Å². The number of hydrogen-bond acceptors (Lipinski definition) is 3. The van der Waals surface area contributed by atoms with Crippen LogP contribution in [0.25, 0.3) is 0 Å². The molecule has 0 radical (unpaired) electrons. The Kier molecular flexibility index (Phi) is 8.35. The van der Waals surface area contributed by atoms with E-state index in [1.54, 1.807) is 12.0 Å². The monoisotopic (exact) mass is 442 g/mol. The van der Waals surface area contributed by atoms with Crippen molar-refractivity contribution >= 4 is 23.4 Å². The number of nitrogens with zero attached hydrogens (tertiary/aromatic N) is 1. The van der Waals surface area contributed by atoms with Gasteiger partial charge in [-0.05, 0) is 43.0 Å². The molecule has 1 aliphatic rings. The molecule has 0 aliphatic heterocycles. The molecule has 0 spiro atoms. The van der Waals surface area contributed by atoms with Gasteiger partial charge < -0.3 is 15.0 Å². The summed E-state index contributed by atoms with van der Waals surface area (Å²) in [6.45, 7) is 2.31. The molecule has 166 valence electrons. The SMILES string of the molecule is COc1cccc(C(C(=O)NC2CCCCC2)N(Cc2ccc(C)cc2)C(=O)CCl)c1. The molecule has 1 unspecified atom stereocenters. The lowest BCUT2D eigenvalue weighted by atomic mass is 9.94. The number of nitrogens with one attached hydrogen (secondary N) is 1. The van der Waals surface area contributed by atoms with E-state index in [0.29, 0.717) is 17.9 Å². The number of amides is 2. The van der Waals surface area contributed by atoms with Crippen molar-refractivity contribution in [1.82, 2.24) is 10.2 Å². The van der Waals surface area contributed by atoms with Gasteiger partial charge in [0, 0.05) is 12.6 Å². The summed E-state index contributed by atoms with van der Waals surface area (Å²) in [6.07, 6.45) is 5.37. The average Bonchev–Trinajstić information content (AvgIpc) is 2.80. The van der Waals surface area contributed by atoms with Gasteiger partial charge in [-0.1, -0.05) is 61.2 Å². The zero-order valence-electron chi connectivity index (χ0n) is 18.3. The van der Waals surface area contributed by atoms with Gasteiger partial charge in [0.1, 0.15) is 17.7 Å². The van der Waals surface area contributed by atoms with Gasteiger partial charge in [-0.25, -0.2) is 0 Å². The molecule has 1 fully saturated rings. The lowest BCUT2D eigenvalue weighted by Crippen LogP contribution is -2.47. The van der Waals surface area contributed by atoms with E-state index in [2.05, 4.69) is 5.32 Å². The highest BCUT2D eigenvalue weighted by Crippen LogP contribution is 2.28. The number of ether oxygens (including phenoxy) is 1.